The second kappa shape index (κ2) is 5.11. The molecule has 1 aliphatic carbocycles. The van der Waals surface area contributed by atoms with Crippen molar-refractivity contribution in [3.8, 4) is 0 Å². The molecule has 0 bridgehead atoms. The number of Topliss-reactive ketones (excluding diaryl/α,β-unsaturated/α-hetero) is 1. The molecule has 2 saturated heterocycles. The number of carbonyl (C=O) groups excluding carboxylic acids is 1. The van der Waals surface area contributed by atoms with Crippen LogP contribution in [0.15, 0.2) is 0 Å². The molecule has 1 atom stereocenters. The van der Waals surface area contributed by atoms with Gasteiger partial charge in [0.25, 0.3) is 0 Å². The van der Waals surface area contributed by atoms with Gasteiger partial charge in [-0.2, -0.15) is 0 Å². The van der Waals surface area contributed by atoms with Crippen LogP contribution in [0.25, 0.3) is 0 Å². The van der Waals surface area contributed by atoms with Crippen LogP contribution < -0.4 is 4.90 Å². The van der Waals surface area contributed by atoms with Crippen molar-refractivity contribution >= 4 is 22.3 Å². The van der Waals surface area contributed by atoms with Crippen molar-refractivity contribution in [1.29, 1.82) is 0 Å². The average molecular weight is 291 g/mol. The molecule has 0 spiro atoms. The number of fused-ring (bicyclic) bond motifs is 2. The minimum Gasteiger partial charge on any atom is -0.346 e. The first kappa shape index (κ1) is 12.8. The van der Waals surface area contributed by atoms with E-state index >= 15 is 0 Å². The second-order valence-corrected chi connectivity index (χ2v) is 7.24. The second-order valence-electron chi connectivity index (χ2n) is 6.18. The molecule has 0 amide bonds. The van der Waals surface area contributed by atoms with Crippen molar-refractivity contribution in [2.75, 3.05) is 31.1 Å². The number of hydrogen-bond donors (Lipinski definition) is 0. The first-order chi connectivity index (χ1) is 9.81. The quantitative estimate of drug-likeness (QED) is 0.796. The summed E-state index contributed by atoms with van der Waals surface area (Å²) in [6.45, 7) is 4.69. The Balaban J connectivity index is 1.59. The van der Waals surface area contributed by atoms with E-state index in [-0.39, 0.29) is 5.78 Å². The third kappa shape index (κ3) is 2.17. The Bertz CT molecular complexity index is 527. The van der Waals surface area contributed by atoms with E-state index in [2.05, 4.69) is 14.8 Å². The molecule has 3 heterocycles. The maximum absolute atomic E-state index is 11.9. The van der Waals surface area contributed by atoms with E-state index in [0.29, 0.717) is 12.5 Å². The molecule has 1 aromatic rings. The van der Waals surface area contributed by atoms with Crippen molar-refractivity contribution in [3.63, 3.8) is 0 Å². The lowest BCUT2D eigenvalue weighted by Crippen LogP contribution is -2.36. The number of thiazole rings is 1. The summed E-state index contributed by atoms with van der Waals surface area (Å²) in [6.07, 6.45) is 6.61. The number of nitrogens with zero attached hydrogens (tertiary/aromatic N) is 3. The van der Waals surface area contributed by atoms with Gasteiger partial charge in [-0.1, -0.05) is 0 Å². The van der Waals surface area contributed by atoms with Gasteiger partial charge in [0.05, 0.1) is 0 Å². The number of rotatable bonds is 1. The lowest BCUT2D eigenvalue weighted by Gasteiger charge is -2.25. The average Bonchev–Trinajstić information content (AvgIpc) is 3.02. The zero-order valence-electron chi connectivity index (χ0n) is 11.8. The van der Waals surface area contributed by atoms with Crippen LogP contribution in [0.3, 0.4) is 0 Å². The van der Waals surface area contributed by atoms with Crippen LogP contribution in [0, 0.1) is 0 Å². The van der Waals surface area contributed by atoms with Gasteiger partial charge in [-0.05, 0) is 38.6 Å². The smallest absolute Gasteiger partial charge is 0.186 e. The first-order valence-corrected chi connectivity index (χ1v) is 8.65. The largest absolute Gasteiger partial charge is 0.346 e. The lowest BCUT2D eigenvalue weighted by atomic mass is 10.0. The number of anilines is 1. The van der Waals surface area contributed by atoms with E-state index in [0.717, 1.165) is 36.8 Å². The zero-order valence-corrected chi connectivity index (χ0v) is 12.6. The molecule has 2 aliphatic heterocycles. The Labute approximate surface area is 123 Å². The molecule has 5 heteroatoms. The minimum absolute atomic E-state index is 0.256. The van der Waals surface area contributed by atoms with E-state index in [4.69, 9.17) is 0 Å². The van der Waals surface area contributed by atoms with Gasteiger partial charge in [-0.25, -0.2) is 4.98 Å². The summed E-state index contributed by atoms with van der Waals surface area (Å²) in [7, 11) is 0. The summed E-state index contributed by atoms with van der Waals surface area (Å²) in [6, 6.07) is 0.703. The lowest BCUT2D eigenvalue weighted by molar-refractivity contribution is 0.0968. The molecule has 4 rings (SSSR count). The van der Waals surface area contributed by atoms with Crippen molar-refractivity contribution in [3.05, 3.63) is 10.6 Å². The Hall–Kier alpha value is -0.940. The number of carbonyl (C=O) groups is 1. The summed E-state index contributed by atoms with van der Waals surface area (Å²) in [5, 5.41) is 1.10. The molecule has 20 heavy (non-hydrogen) atoms. The highest BCUT2D eigenvalue weighted by Gasteiger charge is 2.31. The summed E-state index contributed by atoms with van der Waals surface area (Å²) in [5.41, 5.74) is 0.781. The van der Waals surface area contributed by atoms with Crippen LogP contribution in [0.2, 0.25) is 0 Å². The van der Waals surface area contributed by atoms with Gasteiger partial charge in [0.2, 0.25) is 0 Å². The van der Waals surface area contributed by atoms with Crippen molar-refractivity contribution in [2.45, 2.75) is 44.6 Å². The highest BCUT2D eigenvalue weighted by Crippen LogP contribution is 2.33. The Morgan fingerprint density at radius 1 is 1.10 bits per heavy atom. The summed E-state index contributed by atoms with van der Waals surface area (Å²) >= 11 is 1.76. The fourth-order valence-electron chi connectivity index (χ4n) is 3.77. The molecular formula is C15H21N3OS. The maximum atomic E-state index is 11.9. The summed E-state index contributed by atoms with van der Waals surface area (Å²) < 4.78 is 0. The van der Waals surface area contributed by atoms with Gasteiger partial charge in [0.15, 0.2) is 10.9 Å². The highest BCUT2D eigenvalue weighted by atomic mass is 32.1. The molecule has 3 aliphatic rings. The molecule has 1 aromatic heterocycles. The Morgan fingerprint density at radius 3 is 2.90 bits per heavy atom. The van der Waals surface area contributed by atoms with Gasteiger partial charge >= 0.3 is 0 Å². The number of aromatic nitrogens is 1. The standard InChI is InChI=1S/C15H21N3OS/c19-12-5-1-6-13-14(12)16-15(20-13)18-9-3-8-17-7-2-4-11(17)10-18/h11H,1-10H2. The number of aryl methyl sites for hydroxylation is 1. The molecule has 0 aromatic carbocycles. The van der Waals surface area contributed by atoms with Gasteiger partial charge in [0.1, 0.15) is 5.69 Å². The monoisotopic (exact) mass is 291 g/mol. The molecule has 108 valence electrons. The highest BCUT2D eigenvalue weighted by molar-refractivity contribution is 7.16. The van der Waals surface area contributed by atoms with Crippen LogP contribution in [-0.2, 0) is 6.42 Å². The minimum atomic E-state index is 0.256. The normalized spacial score (nSPS) is 27.3. The number of hydrogen-bond acceptors (Lipinski definition) is 5. The predicted octanol–water partition coefficient (Wildman–Crippen LogP) is 2.34. The van der Waals surface area contributed by atoms with Gasteiger partial charge in [-0.3, -0.25) is 9.69 Å². The van der Waals surface area contributed by atoms with Crippen LogP contribution in [-0.4, -0.2) is 47.9 Å². The van der Waals surface area contributed by atoms with Crippen molar-refractivity contribution < 1.29 is 4.79 Å². The molecule has 0 saturated carbocycles. The third-order valence-electron chi connectivity index (χ3n) is 4.83. The Kier molecular flexibility index (Phi) is 3.27. The molecular weight excluding hydrogens is 270 g/mol. The number of ketones is 1. The SMILES string of the molecule is O=C1CCCc2sc(N3CCCN4CCCC4C3)nc21. The first-order valence-electron chi connectivity index (χ1n) is 7.83. The maximum Gasteiger partial charge on any atom is 0.186 e. The third-order valence-corrected chi connectivity index (χ3v) is 6.01. The molecule has 1 unspecified atom stereocenters. The topological polar surface area (TPSA) is 36.4 Å². The summed E-state index contributed by atoms with van der Waals surface area (Å²) in [4.78, 5) is 22.9. The van der Waals surface area contributed by atoms with Crippen molar-refractivity contribution in [1.82, 2.24) is 9.88 Å². The van der Waals surface area contributed by atoms with Crippen LogP contribution >= 0.6 is 11.3 Å². The van der Waals surface area contributed by atoms with E-state index in [1.165, 1.54) is 37.2 Å². The van der Waals surface area contributed by atoms with E-state index in [1.807, 2.05) is 0 Å². The molecule has 0 N–H and O–H groups in total. The van der Waals surface area contributed by atoms with Gasteiger partial charge in [0, 0.05) is 37.0 Å². The van der Waals surface area contributed by atoms with Crippen LogP contribution in [0.4, 0.5) is 5.13 Å². The van der Waals surface area contributed by atoms with E-state index < -0.39 is 0 Å². The van der Waals surface area contributed by atoms with E-state index in [9.17, 15) is 4.79 Å². The fraction of sp³-hybridized carbons (Fsp3) is 0.733. The van der Waals surface area contributed by atoms with Gasteiger partial charge < -0.3 is 4.90 Å². The fourth-order valence-corrected chi connectivity index (χ4v) is 4.92. The van der Waals surface area contributed by atoms with Gasteiger partial charge in [-0.15, -0.1) is 11.3 Å². The zero-order chi connectivity index (χ0) is 13.5. The van der Waals surface area contributed by atoms with E-state index in [1.54, 1.807) is 11.3 Å². The van der Waals surface area contributed by atoms with Crippen molar-refractivity contribution in [2.24, 2.45) is 0 Å². The predicted molar refractivity (Wildman–Crippen MR) is 80.8 cm³/mol. The molecule has 4 nitrogen and oxygen atoms in total. The van der Waals surface area contributed by atoms with Crippen LogP contribution in [0.1, 0.15) is 47.5 Å². The van der Waals surface area contributed by atoms with Crippen LogP contribution in [0.5, 0.6) is 0 Å². The Morgan fingerprint density at radius 2 is 2.00 bits per heavy atom. The molecule has 2 fully saturated rings. The molecule has 0 radical (unpaired) electrons. The summed E-state index contributed by atoms with van der Waals surface area (Å²) in [5.74, 6) is 0.256.